The van der Waals surface area contributed by atoms with Gasteiger partial charge in [-0.2, -0.15) is 0 Å². The van der Waals surface area contributed by atoms with Gasteiger partial charge in [-0.05, 0) is 66.6 Å². The molecular formula is C26H20ClFN2O3. The van der Waals surface area contributed by atoms with E-state index in [4.69, 9.17) is 11.6 Å². The Morgan fingerprint density at radius 3 is 2.48 bits per heavy atom. The van der Waals surface area contributed by atoms with Crippen molar-refractivity contribution in [2.24, 2.45) is 0 Å². The van der Waals surface area contributed by atoms with Crippen LogP contribution in [0.4, 0.5) is 10.1 Å². The molecule has 0 aliphatic rings. The molecule has 0 radical (unpaired) electrons. The number of carbonyl (C=O) groups is 2. The predicted octanol–water partition coefficient (Wildman–Crippen LogP) is 5.23. The number of ketones is 1. The van der Waals surface area contributed by atoms with Gasteiger partial charge < -0.3 is 9.88 Å². The van der Waals surface area contributed by atoms with Crippen LogP contribution in [0.25, 0.3) is 10.9 Å². The van der Waals surface area contributed by atoms with Crippen LogP contribution in [-0.4, -0.2) is 16.3 Å². The van der Waals surface area contributed by atoms with Crippen LogP contribution in [0.5, 0.6) is 0 Å². The highest BCUT2D eigenvalue weighted by molar-refractivity contribution is 6.30. The average Bonchev–Trinajstić information content (AvgIpc) is 2.80. The molecule has 4 rings (SSSR count). The molecule has 0 saturated carbocycles. The number of halogens is 2. The molecule has 0 aliphatic heterocycles. The van der Waals surface area contributed by atoms with Gasteiger partial charge in [0.25, 0.3) is 0 Å². The summed E-state index contributed by atoms with van der Waals surface area (Å²) in [7, 11) is 0. The standard InChI is InChI=1S/C26H20ClFN2O3/c1-2-16-6-11-23-21(12-16)26(33)22(25(32)17-7-9-19(28)10-8-17)14-30(23)15-24(31)29-20-5-3-4-18(27)13-20/h3-14H,2,15H2,1H3,(H,29,31). The summed E-state index contributed by atoms with van der Waals surface area (Å²) in [5, 5.41) is 3.60. The van der Waals surface area contributed by atoms with E-state index in [1.807, 2.05) is 13.0 Å². The molecule has 5 nitrogen and oxygen atoms in total. The monoisotopic (exact) mass is 462 g/mol. The van der Waals surface area contributed by atoms with E-state index in [0.29, 0.717) is 28.0 Å². The second kappa shape index (κ2) is 9.38. The van der Waals surface area contributed by atoms with Crippen LogP contribution in [0.2, 0.25) is 5.02 Å². The van der Waals surface area contributed by atoms with Gasteiger partial charge in [-0.25, -0.2) is 4.39 Å². The lowest BCUT2D eigenvalue weighted by Gasteiger charge is -2.14. The summed E-state index contributed by atoms with van der Waals surface area (Å²) in [4.78, 5) is 39.1. The fraction of sp³-hybridized carbons (Fsp3) is 0.115. The average molecular weight is 463 g/mol. The van der Waals surface area contributed by atoms with Crippen molar-refractivity contribution < 1.29 is 14.0 Å². The first-order chi connectivity index (χ1) is 15.9. The van der Waals surface area contributed by atoms with Crippen LogP contribution < -0.4 is 10.7 Å². The minimum Gasteiger partial charge on any atom is -0.337 e. The topological polar surface area (TPSA) is 68.2 Å². The number of nitrogens with zero attached hydrogens (tertiary/aromatic N) is 1. The summed E-state index contributed by atoms with van der Waals surface area (Å²) in [6, 6.07) is 17.2. The molecule has 4 aromatic rings. The van der Waals surface area contributed by atoms with Crippen LogP contribution in [0.15, 0.2) is 77.7 Å². The zero-order valence-corrected chi connectivity index (χ0v) is 18.5. The molecule has 1 N–H and O–H groups in total. The number of anilines is 1. The highest BCUT2D eigenvalue weighted by Gasteiger charge is 2.19. The Morgan fingerprint density at radius 2 is 1.79 bits per heavy atom. The van der Waals surface area contributed by atoms with Crippen LogP contribution in [0.1, 0.15) is 28.4 Å². The highest BCUT2D eigenvalue weighted by atomic mass is 35.5. The number of hydrogen-bond acceptors (Lipinski definition) is 3. The quantitative estimate of drug-likeness (QED) is 0.399. The number of fused-ring (bicyclic) bond motifs is 1. The van der Waals surface area contributed by atoms with Crippen molar-refractivity contribution >= 4 is 39.9 Å². The van der Waals surface area contributed by atoms with E-state index >= 15 is 0 Å². The molecule has 0 unspecified atom stereocenters. The van der Waals surface area contributed by atoms with Crippen molar-refractivity contribution in [2.75, 3.05) is 5.32 Å². The summed E-state index contributed by atoms with van der Waals surface area (Å²) in [6.45, 7) is 1.84. The van der Waals surface area contributed by atoms with Crippen LogP contribution in [0.3, 0.4) is 0 Å². The van der Waals surface area contributed by atoms with Gasteiger partial charge in [0.15, 0.2) is 5.78 Å². The zero-order valence-electron chi connectivity index (χ0n) is 17.8. The third-order valence-corrected chi connectivity index (χ3v) is 5.56. The lowest BCUT2D eigenvalue weighted by atomic mass is 10.0. The Kier molecular flexibility index (Phi) is 6.38. The van der Waals surface area contributed by atoms with Crippen LogP contribution in [-0.2, 0) is 17.8 Å². The molecule has 0 aliphatic carbocycles. The third kappa shape index (κ3) is 4.86. The molecular weight excluding hydrogens is 443 g/mol. The van der Waals surface area contributed by atoms with E-state index in [0.717, 1.165) is 5.56 Å². The van der Waals surface area contributed by atoms with Gasteiger partial charge in [0.1, 0.15) is 12.4 Å². The van der Waals surface area contributed by atoms with Crippen LogP contribution >= 0.6 is 11.6 Å². The van der Waals surface area contributed by atoms with Crippen LogP contribution in [0, 0.1) is 5.82 Å². The fourth-order valence-electron chi connectivity index (χ4n) is 3.64. The maximum Gasteiger partial charge on any atom is 0.244 e. The van der Waals surface area contributed by atoms with Gasteiger partial charge in [0.05, 0.1) is 11.1 Å². The number of amides is 1. The number of rotatable bonds is 6. The first kappa shape index (κ1) is 22.4. The summed E-state index contributed by atoms with van der Waals surface area (Å²) < 4.78 is 14.9. The second-order valence-corrected chi connectivity index (χ2v) is 8.04. The second-order valence-electron chi connectivity index (χ2n) is 7.60. The SMILES string of the molecule is CCc1ccc2c(c1)c(=O)c(C(=O)c1ccc(F)cc1)cn2CC(=O)Nc1cccc(Cl)c1. The third-order valence-electron chi connectivity index (χ3n) is 5.33. The Morgan fingerprint density at radius 1 is 1.03 bits per heavy atom. The van der Waals surface area contributed by atoms with Gasteiger partial charge in [-0.15, -0.1) is 0 Å². The Labute approximate surface area is 194 Å². The summed E-state index contributed by atoms with van der Waals surface area (Å²) in [6.07, 6.45) is 2.10. The minimum absolute atomic E-state index is 0.0853. The minimum atomic E-state index is -0.534. The predicted molar refractivity (Wildman–Crippen MR) is 128 cm³/mol. The largest absolute Gasteiger partial charge is 0.337 e. The highest BCUT2D eigenvalue weighted by Crippen LogP contribution is 2.19. The van der Waals surface area contributed by atoms with Crippen molar-refractivity contribution in [3.8, 4) is 0 Å². The van der Waals surface area contributed by atoms with Crippen molar-refractivity contribution in [3.05, 3.63) is 111 Å². The van der Waals surface area contributed by atoms with Gasteiger partial charge in [0, 0.05) is 27.9 Å². The van der Waals surface area contributed by atoms with E-state index in [-0.39, 0.29) is 23.6 Å². The van der Waals surface area contributed by atoms with Crippen molar-refractivity contribution in [1.82, 2.24) is 4.57 Å². The molecule has 7 heteroatoms. The van der Waals surface area contributed by atoms with Gasteiger partial charge in [0.2, 0.25) is 11.3 Å². The molecule has 1 amide bonds. The molecule has 0 atom stereocenters. The maximum absolute atomic E-state index is 13.3. The fourth-order valence-corrected chi connectivity index (χ4v) is 3.83. The van der Waals surface area contributed by atoms with E-state index in [2.05, 4.69) is 5.32 Å². The normalized spacial score (nSPS) is 10.9. The Balaban J connectivity index is 1.78. The van der Waals surface area contributed by atoms with Crippen molar-refractivity contribution in [2.45, 2.75) is 19.9 Å². The molecule has 0 saturated heterocycles. The van der Waals surface area contributed by atoms with Gasteiger partial charge in [-0.3, -0.25) is 14.4 Å². The zero-order chi connectivity index (χ0) is 23.5. The number of pyridine rings is 1. The maximum atomic E-state index is 13.3. The molecule has 1 heterocycles. The number of benzene rings is 3. The molecule has 0 bridgehead atoms. The van der Waals surface area contributed by atoms with Gasteiger partial charge >= 0.3 is 0 Å². The number of hydrogen-bond donors (Lipinski definition) is 1. The number of carbonyl (C=O) groups excluding carboxylic acids is 2. The summed E-state index contributed by atoms with van der Waals surface area (Å²) >= 11 is 5.98. The number of aromatic nitrogens is 1. The lowest BCUT2D eigenvalue weighted by molar-refractivity contribution is -0.116. The molecule has 166 valence electrons. The van der Waals surface area contributed by atoms with E-state index in [9.17, 15) is 18.8 Å². The molecule has 33 heavy (non-hydrogen) atoms. The summed E-state index contributed by atoms with van der Waals surface area (Å²) in [5.74, 6) is -1.36. The Bertz CT molecular complexity index is 1430. The first-order valence-electron chi connectivity index (χ1n) is 10.4. The number of nitrogens with one attached hydrogen (secondary N) is 1. The molecule has 0 fully saturated rings. The molecule has 0 spiro atoms. The molecule has 3 aromatic carbocycles. The lowest BCUT2D eigenvalue weighted by Crippen LogP contribution is -2.24. The molecule has 1 aromatic heterocycles. The van der Waals surface area contributed by atoms with Crippen molar-refractivity contribution in [1.29, 1.82) is 0 Å². The number of aryl methyl sites for hydroxylation is 1. The van der Waals surface area contributed by atoms with E-state index < -0.39 is 17.0 Å². The summed E-state index contributed by atoms with van der Waals surface area (Å²) in [5.41, 5.74) is 1.68. The van der Waals surface area contributed by atoms with E-state index in [1.165, 1.54) is 30.5 Å². The van der Waals surface area contributed by atoms with Gasteiger partial charge in [-0.1, -0.05) is 30.7 Å². The first-order valence-corrected chi connectivity index (χ1v) is 10.7. The smallest absolute Gasteiger partial charge is 0.244 e. The van der Waals surface area contributed by atoms with E-state index in [1.54, 1.807) is 41.0 Å². The van der Waals surface area contributed by atoms with Crippen molar-refractivity contribution in [3.63, 3.8) is 0 Å². The Hall–Kier alpha value is -3.77.